The van der Waals surface area contributed by atoms with Gasteiger partial charge >= 0.3 is 6.03 Å². The monoisotopic (exact) mass is 314 g/mol. The molecule has 122 valence electrons. The lowest BCUT2D eigenvalue weighted by molar-refractivity contribution is -0.919. The number of hydrogen-bond acceptors (Lipinski definition) is 2. The van der Waals surface area contributed by atoms with Crippen molar-refractivity contribution in [2.45, 2.75) is 25.8 Å². The third-order valence-corrected chi connectivity index (χ3v) is 4.40. The molecule has 0 radical (unpaired) electrons. The first kappa shape index (κ1) is 15.6. The summed E-state index contributed by atoms with van der Waals surface area (Å²) in [4.78, 5) is 13.6. The Balaban J connectivity index is 1.57. The van der Waals surface area contributed by atoms with Crippen LogP contribution in [0.4, 0.5) is 10.5 Å². The maximum Gasteiger partial charge on any atom is 0.319 e. The van der Waals surface area contributed by atoms with Crippen molar-refractivity contribution in [2.24, 2.45) is 0 Å². The molecule has 2 amide bonds. The van der Waals surface area contributed by atoms with Crippen LogP contribution in [0.25, 0.3) is 0 Å². The number of benzene rings is 1. The molecular weight excluding hydrogens is 290 g/mol. The topological polar surface area (TPSA) is 58.7 Å². The van der Waals surface area contributed by atoms with Crippen LogP contribution in [0.2, 0.25) is 0 Å². The van der Waals surface area contributed by atoms with Gasteiger partial charge in [-0.3, -0.25) is 0 Å². The number of rotatable bonds is 5. The molecule has 0 aliphatic carbocycles. The Morgan fingerprint density at radius 1 is 1.22 bits per heavy atom. The van der Waals surface area contributed by atoms with Gasteiger partial charge < -0.3 is 20.0 Å². The van der Waals surface area contributed by atoms with E-state index in [-0.39, 0.29) is 12.1 Å². The average Bonchev–Trinajstić information content (AvgIpc) is 3.24. The van der Waals surface area contributed by atoms with Crippen LogP contribution >= 0.6 is 0 Å². The molecular formula is C18H24N3O2+. The van der Waals surface area contributed by atoms with Crippen molar-refractivity contribution < 1.29 is 14.1 Å². The molecule has 2 heterocycles. The lowest BCUT2D eigenvalue weighted by Gasteiger charge is -2.23. The zero-order valence-corrected chi connectivity index (χ0v) is 13.5. The van der Waals surface area contributed by atoms with Crippen LogP contribution in [0, 0.1) is 6.92 Å². The molecule has 0 bridgehead atoms. The van der Waals surface area contributed by atoms with Crippen molar-refractivity contribution in [3.63, 3.8) is 0 Å². The van der Waals surface area contributed by atoms with Gasteiger partial charge in [-0.25, -0.2) is 4.79 Å². The molecule has 1 aromatic heterocycles. The van der Waals surface area contributed by atoms with Gasteiger partial charge in [-0.05, 0) is 31.2 Å². The van der Waals surface area contributed by atoms with Crippen LogP contribution in [0.15, 0.2) is 47.1 Å². The Hall–Kier alpha value is -2.27. The fourth-order valence-electron chi connectivity index (χ4n) is 3.12. The van der Waals surface area contributed by atoms with Gasteiger partial charge in [-0.2, -0.15) is 0 Å². The first-order valence-electron chi connectivity index (χ1n) is 8.22. The Labute approximate surface area is 136 Å². The summed E-state index contributed by atoms with van der Waals surface area (Å²) in [5, 5.41) is 5.85. The molecule has 5 nitrogen and oxygen atoms in total. The van der Waals surface area contributed by atoms with E-state index in [4.69, 9.17) is 4.42 Å². The number of likely N-dealkylation sites (tertiary alicyclic amines) is 1. The van der Waals surface area contributed by atoms with Crippen molar-refractivity contribution in [3.05, 3.63) is 54.0 Å². The molecule has 0 unspecified atom stereocenters. The van der Waals surface area contributed by atoms with Crippen molar-refractivity contribution in [3.8, 4) is 0 Å². The second kappa shape index (κ2) is 7.33. The van der Waals surface area contributed by atoms with Crippen molar-refractivity contribution in [1.29, 1.82) is 0 Å². The van der Waals surface area contributed by atoms with E-state index < -0.39 is 0 Å². The summed E-state index contributed by atoms with van der Waals surface area (Å²) in [5.41, 5.74) is 1.97. The Morgan fingerprint density at radius 3 is 2.61 bits per heavy atom. The van der Waals surface area contributed by atoms with Gasteiger partial charge in [-0.15, -0.1) is 0 Å². The van der Waals surface area contributed by atoms with E-state index in [0.717, 1.165) is 24.5 Å². The molecule has 1 saturated heterocycles. The standard InChI is InChI=1S/C18H23N3O2/c1-14-6-8-15(9-7-14)20-18(22)19-13-16(17-5-4-12-23-17)21-10-2-3-11-21/h4-9,12,16H,2-3,10-11,13H2,1H3,(H2,19,20,22)/p+1/t16-/m0/s1. The second-order valence-corrected chi connectivity index (χ2v) is 6.13. The van der Waals surface area contributed by atoms with Gasteiger partial charge in [0.05, 0.1) is 25.9 Å². The van der Waals surface area contributed by atoms with Crippen molar-refractivity contribution in [1.82, 2.24) is 5.32 Å². The van der Waals surface area contributed by atoms with E-state index in [1.54, 1.807) is 6.26 Å². The maximum atomic E-state index is 12.1. The van der Waals surface area contributed by atoms with Gasteiger partial charge in [0.15, 0.2) is 11.8 Å². The number of quaternary nitrogens is 1. The summed E-state index contributed by atoms with van der Waals surface area (Å²) in [6.45, 7) is 4.86. The maximum absolute atomic E-state index is 12.1. The Kier molecular flexibility index (Phi) is 4.98. The quantitative estimate of drug-likeness (QED) is 0.792. The van der Waals surface area contributed by atoms with E-state index in [1.165, 1.54) is 23.3 Å². The number of anilines is 1. The van der Waals surface area contributed by atoms with Gasteiger partial charge in [-0.1, -0.05) is 17.7 Å². The summed E-state index contributed by atoms with van der Waals surface area (Å²) in [6, 6.07) is 11.7. The number of furan rings is 1. The van der Waals surface area contributed by atoms with Crippen LogP contribution in [0.5, 0.6) is 0 Å². The largest absolute Gasteiger partial charge is 0.463 e. The zero-order valence-electron chi connectivity index (χ0n) is 13.5. The SMILES string of the molecule is Cc1ccc(NC(=O)NC[C@@H](c2ccco2)[NH+]2CCCC2)cc1. The number of aryl methyl sites for hydroxylation is 1. The highest BCUT2D eigenvalue weighted by Crippen LogP contribution is 2.12. The van der Waals surface area contributed by atoms with Crippen LogP contribution in [-0.2, 0) is 0 Å². The summed E-state index contributed by atoms with van der Waals surface area (Å²) in [7, 11) is 0. The molecule has 0 saturated carbocycles. The molecule has 3 rings (SSSR count). The third kappa shape index (κ3) is 4.13. The fourth-order valence-corrected chi connectivity index (χ4v) is 3.12. The number of urea groups is 1. The second-order valence-electron chi connectivity index (χ2n) is 6.13. The lowest BCUT2D eigenvalue weighted by atomic mass is 10.2. The molecule has 3 N–H and O–H groups in total. The fraction of sp³-hybridized carbons (Fsp3) is 0.389. The Bertz CT molecular complexity index is 616. The number of hydrogen-bond donors (Lipinski definition) is 3. The molecule has 0 spiro atoms. The predicted octanol–water partition coefficient (Wildman–Crippen LogP) is 2.13. The molecule has 2 aromatic rings. The van der Waals surface area contributed by atoms with Crippen LogP contribution < -0.4 is 15.5 Å². The molecule has 1 aromatic carbocycles. The Morgan fingerprint density at radius 2 is 1.96 bits per heavy atom. The van der Waals surface area contributed by atoms with Gasteiger partial charge in [0.25, 0.3) is 0 Å². The molecule has 5 heteroatoms. The van der Waals surface area contributed by atoms with E-state index in [1.807, 2.05) is 43.3 Å². The molecule has 1 fully saturated rings. The van der Waals surface area contributed by atoms with Crippen LogP contribution in [0.1, 0.15) is 30.2 Å². The first-order chi connectivity index (χ1) is 11.2. The average molecular weight is 314 g/mol. The summed E-state index contributed by atoms with van der Waals surface area (Å²) < 4.78 is 5.58. The van der Waals surface area contributed by atoms with Crippen molar-refractivity contribution in [2.75, 3.05) is 25.0 Å². The number of carbonyl (C=O) groups is 1. The minimum absolute atomic E-state index is 0.177. The first-order valence-corrected chi connectivity index (χ1v) is 8.22. The van der Waals surface area contributed by atoms with E-state index in [0.29, 0.717) is 6.54 Å². The minimum atomic E-state index is -0.177. The predicted molar refractivity (Wildman–Crippen MR) is 89.6 cm³/mol. The minimum Gasteiger partial charge on any atom is -0.463 e. The highest BCUT2D eigenvalue weighted by atomic mass is 16.3. The van der Waals surface area contributed by atoms with E-state index >= 15 is 0 Å². The van der Waals surface area contributed by atoms with E-state index in [9.17, 15) is 4.79 Å². The summed E-state index contributed by atoms with van der Waals surface area (Å²) >= 11 is 0. The number of amides is 2. The molecule has 1 aliphatic heterocycles. The number of nitrogens with one attached hydrogen (secondary N) is 3. The van der Waals surface area contributed by atoms with E-state index in [2.05, 4.69) is 10.6 Å². The summed E-state index contributed by atoms with van der Waals surface area (Å²) in [6.07, 6.45) is 4.18. The van der Waals surface area contributed by atoms with Crippen LogP contribution in [0.3, 0.4) is 0 Å². The van der Waals surface area contributed by atoms with Gasteiger partial charge in [0.2, 0.25) is 0 Å². The normalized spacial score (nSPS) is 16.2. The van der Waals surface area contributed by atoms with Gasteiger partial charge in [0.1, 0.15) is 0 Å². The molecule has 23 heavy (non-hydrogen) atoms. The molecule has 1 atom stereocenters. The number of carbonyl (C=O) groups excluding carboxylic acids is 1. The molecule has 1 aliphatic rings. The summed E-state index contributed by atoms with van der Waals surface area (Å²) in [5.74, 6) is 0.942. The van der Waals surface area contributed by atoms with Crippen LogP contribution in [-0.4, -0.2) is 25.7 Å². The van der Waals surface area contributed by atoms with Crippen molar-refractivity contribution >= 4 is 11.7 Å². The highest BCUT2D eigenvalue weighted by molar-refractivity contribution is 5.89. The smallest absolute Gasteiger partial charge is 0.319 e. The van der Waals surface area contributed by atoms with Gasteiger partial charge in [0, 0.05) is 18.5 Å². The third-order valence-electron chi connectivity index (χ3n) is 4.40. The zero-order chi connectivity index (χ0) is 16.1. The lowest BCUT2D eigenvalue weighted by Crippen LogP contribution is -3.11. The highest BCUT2D eigenvalue weighted by Gasteiger charge is 2.29.